The molecule has 1 aromatic carbocycles. The summed E-state index contributed by atoms with van der Waals surface area (Å²) in [5, 5.41) is 2.99. The number of rotatable bonds is 5. The molecular weight excluding hydrogens is 324 g/mol. The molecule has 1 aliphatic heterocycles. The molecule has 1 aromatic heterocycles. The first-order chi connectivity index (χ1) is 12.1. The number of aryl methyl sites for hydroxylation is 2. The molecule has 3 rings (SSSR count). The largest absolute Gasteiger partial charge is 0.496 e. The number of fused-ring (bicyclic) bond motifs is 1. The zero-order valence-corrected chi connectivity index (χ0v) is 14.0. The summed E-state index contributed by atoms with van der Waals surface area (Å²) in [6.07, 6.45) is 3.70. The Morgan fingerprint density at radius 2 is 2.20 bits per heavy atom. The first-order valence-electron chi connectivity index (χ1n) is 7.72. The number of hydrogen-bond acceptors (Lipinski definition) is 7. The number of carbonyl (C=O) groups is 2. The van der Waals surface area contributed by atoms with Gasteiger partial charge in [-0.2, -0.15) is 0 Å². The molecule has 2 heterocycles. The number of carbonyl (C=O) groups excluding carboxylic acids is 2. The van der Waals surface area contributed by atoms with Crippen LogP contribution in [-0.4, -0.2) is 48.4 Å². The van der Waals surface area contributed by atoms with E-state index < -0.39 is 5.97 Å². The summed E-state index contributed by atoms with van der Waals surface area (Å²) in [6.45, 7) is 0.642. The number of Topliss-reactive ketones (excluding diaryl/α,β-unsaturated/α-hetero) is 1. The van der Waals surface area contributed by atoms with Crippen LogP contribution in [0.3, 0.4) is 0 Å². The minimum atomic E-state index is -0.399. The van der Waals surface area contributed by atoms with Crippen molar-refractivity contribution in [1.82, 2.24) is 9.55 Å². The Hall–Kier alpha value is -3.16. The molecule has 25 heavy (non-hydrogen) atoms. The first-order valence-corrected chi connectivity index (χ1v) is 7.72. The Kier molecular flexibility index (Phi) is 4.78. The van der Waals surface area contributed by atoms with Crippen molar-refractivity contribution in [3.8, 4) is 5.75 Å². The Bertz CT molecular complexity index is 841. The van der Waals surface area contributed by atoms with E-state index in [1.807, 2.05) is 4.57 Å². The Morgan fingerprint density at radius 3 is 2.96 bits per heavy atom. The third kappa shape index (κ3) is 3.37. The monoisotopic (exact) mass is 342 g/mol. The summed E-state index contributed by atoms with van der Waals surface area (Å²) < 4.78 is 12.0. The van der Waals surface area contributed by atoms with Crippen LogP contribution in [-0.2, 0) is 17.7 Å². The van der Waals surface area contributed by atoms with Crippen molar-refractivity contribution in [1.29, 1.82) is 0 Å². The van der Waals surface area contributed by atoms with E-state index >= 15 is 0 Å². The van der Waals surface area contributed by atoms with Gasteiger partial charge >= 0.3 is 5.97 Å². The number of anilines is 1. The van der Waals surface area contributed by atoms with Gasteiger partial charge in [0.1, 0.15) is 18.1 Å². The molecule has 8 nitrogen and oxygen atoms in total. The van der Waals surface area contributed by atoms with Gasteiger partial charge in [0, 0.05) is 6.54 Å². The molecule has 130 valence electrons. The standard InChI is InChI=1S/C17H18N4O4/c1-24-14-4-3-12(17(23)25-2)7-11(14)5-6-21-10-20-15-13(22)8-18-9-19-16(15)21/h3-4,7,9-10H,5-6,8H2,1-2H3,(H,18,19). The smallest absolute Gasteiger partial charge is 0.337 e. The third-order valence-electron chi connectivity index (χ3n) is 3.95. The number of ketones is 1. The van der Waals surface area contributed by atoms with Gasteiger partial charge in [0.15, 0.2) is 5.69 Å². The second kappa shape index (κ2) is 7.16. The number of benzene rings is 1. The van der Waals surface area contributed by atoms with E-state index in [1.54, 1.807) is 31.6 Å². The van der Waals surface area contributed by atoms with Crippen molar-refractivity contribution in [3.05, 3.63) is 41.3 Å². The SMILES string of the molecule is COC(=O)c1ccc(OC)c(CCn2cnc3c2NC=NCC3=O)c1. The molecule has 2 aromatic rings. The number of hydrogen-bond donors (Lipinski definition) is 1. The van der Waals surface area contributed by atoms with Gasteiger partial charge in [0.2, 0.25) is 5.78 Å². The molecular formula is C17H18N4O4. The molecule has 0 aliphatic carbocycles. The molecule has 1 aliphatic rings. The van der Waals surface area contributed by atoms with Crippen LogP contribution in [0, 0.1) is 0 Å². The average molecular weight is 342 g/mol. The van der Waals surface area contributed by atoms with E-state index in [4.69, 9.17) is 9.47 Å². The summed E-state index contributed by atoms with van der Waals surface area (Å²) in [4.78, 5) is 31.8. The molecule has 1 N–H and O–H groups in total. The predicted molar refractivity (Wildman–Crippen MR) is 91.6 cm³/mol. The first kappa shape index (κ1) is 16.7. The summed E-state index contributed by atoms with van der Waals surface area (Å²) in [5.74, 6) is 0.781. The van der Waals surface area contributed by atoms with E-state index in [-0.39, 0.29) is 12.3 Å². The number of nitrogens with zero attached hydrogens (tertiary/aromatic N) is 3. The van der Waals surface area contributed by atoms with Gasteiger partial charge in [0.25, 0.3) is 0 Å². The Balaban J connectivity index is 1.83. The van der Waals surface area contributed by atoms with Gasteiger partial charge in [-0.05, 0) is 30.2 Å². The zero-order valence-electron chi connectivity index (χ0n) is 14.0. The van der Waals surface area contributed by atoms with Gasteiger partial charge in [-0.1, -0.05) is 0 Å². The van der Waals surface area contributed by atoms with Crippen molar-refractivity contribution in [3.63, 3.8) is 0 Å². The quantitative estimate of drug-likeness (QED) is 0.829. The molecule has 0 amide bonds. The Labute approximate surface area is 144 Å². The van der Waals surface area contributed by atoms with Gasteiger partial charge in [-0.3, -0.25) is 9.79 Å². The van der Waals surface area contributed by atoms with E-state index in [1.165, 1.54) is 13.4 Å². The third-order valence-corrected chi connectivity index (χ3v) is 3.95. The number of esters is 1. The second-order valence-electron chi connectivity index (χ2n) is 5.44. The normalized spacial score (nSPS) is 13.0. The zero-order chi connectivity index (χ0) is 17.8. The summed E-state index contributed by atoms with van der Waals surface area (Å²) in [6, 6.07) is 5.15. The van der Waals surface area contributed by atoms with Gasteiger partial charge in [0.05, 0.1) is 32.4 Å². The van der Waals surface area contributed by atoms with Crippen LogP contribution in [0.25, 0.3) is 0 Å². The van der Waals surface area contributed by atoms with Crippen LogP contribution in [0.1, 0.15) is 26.4 Å². The topological polar surface area (TPSA) is 94.8 Å². The summed E-state index contributed by atoms with van der Waals surface area (Å²) in [7, 11) is 2.92. The lowest BCUT2D eigenvalue weighted by Gasteiger charge is -2.12. The van der Waals surface area contributed by atoms with Crippen molar-refractivity contribution in [2.75, 3.05) is 26.1 Å². The molecule has 0 saturated carbocycles. The fraction of sp³-hybridized carbons (Fsp3) is 0.294. The van der Waals surface area contributed by atoms with Crippen LogP contribution in [0.15, 0.2) is 29.5 Å². The number of nitrogens with one attached hydrogen (secondary N) is 1. The fourth-order valence-electron chi connectivity index (χ4n) is 2.68. The van der Waals surface area contributed by atoms with Crippen molar-refractivity contribution < 1.29 is 19.1 Å². The van der Waals surface area contributed by atoms with E-state index in [0.29, 0.717) is 35.8 Å². The minimum absolute atomic E-state index is 0.0893. The second-order valence-corrected chi connectivity index (χ2v) is 5.44. The molecule has 0 atom stereocenters. The highest BCUT2D eigenvalue weighted by atomic mass is 16.5. The summed E-state index contributed by atoms with van der Waals surface area (Å²) in [5.41, 5.74) is 1.71. The van der Waals surface area contributed by atoms with E-state index in [2.05, 4.69) is 15.3 Å². The highest BCUT2D eigenvalue weighted by Gasteiger charge is 2.19. The summed E-state index contributed by atoms with van der Waals surface area (Å²) >= 11 is 0. The van der Waals surface area contributed by atoms with Crippen LogP contribution < -0.4 is 10.1 Å². The van der Waals surface area contributed by atoms with Gasteiger partial charge in [-0.25, -0.2) is 9.78 Å². The number of aromatic nitrogens is 2. The molecule has 8 heteroatoms. The number of aliphatic imine (C=N–C) groups is 1. The van der Waals surface area contributed by atoms with Crippen molar-refractivity contribution in [2.45, 2.75) is 13.0 Å². The maximum absolute atomic E-state index is 11.9. The van der Waals surface area contributed by atoms with Crippen molar-refractivity contribution in [2.24, 2.45) is 4.99 Å². The van der Waals surface area contributed by atoms with E-state index in [9.17, 15) is 9.59 Å². The lowest BCUT2D eigenvalue weighted by Crippen LogP contribution is -2.09. The maximum Gasteiger partial charge on any atom is 0.337 e. The number of ether oxygens (including phenoxy) is 2. The lowest BCUT2D eigenvalue weighted by atomic mass is 10.1. The fourth-order valence-corrected chi connectivity index (χ4v) is 2.68. The van der Waals surface area contributed by atoms with Gasteiger partial charge < -0.3 is 19.4 Å². The highest BCUT2D eigenvalue weighted by Crippen LogP contribution is 2.23. The molecule has 0 fully saturated rings. The molecule has 0 bridgehead atoms. The highest BCUT2D eigenvalue weighted by molar-refractivity contribution is 6.04. The lowest BCUT2D eigenvalue weighted by molar-refractivity contribution is 0.0600. The van der Waals surface area contributed by atoms with Crippen molar-refractivity contribution >= 4 is 23.9 Å². The van der Waals surface area contributed by atoms with Crippen LogP contribution in [0.2, 0.25) is 0 Å². The predicted octanol–water partition coefficient (Wildman–Crippen LogP) is 1.56. The number of methoxy groups -OCH3 is 2. The molecule has 0 radical (unpaired) electrons. The van der Waals surface area contributed by atoms with Crippen LogP contribution in [0.4, 0.5) is 5.82 Å². The van der Waals surface area contributed by atoms with E-state index in [0.717, 1.165) is 5.56 Å². The maximum atomic E-state index is 11.9. The minimum Gasteiger partial charge on any atom is -0.496 e. The average Bonchev–Trinajstić information content (AvgIpc) is 2.96. The molecule has 0 spiro atoms. The van der Waals surface area contributed by atoms with Crippen LogP contribution in [0.5, 0.6) is 5.75 Å². The number of imidazole rings is 1. The molecule has 0 saturated heterocycles. The molecule has 0 unspecified atom stereocenters. The van der Waals surface area contributed by atoms with Crippen LogP contribution >= 0.6 is 0 Å². The van der Waals surface area contributed by atoms with Gasteiger partial charge in [-0.15, -0.1) is 0 Å². The Morgan fingerprint density at radius 1 is 1.36 bits per heavy atom.